The quantitative estimate of drug-likeness (QED) is 0.674. The van der Waals surface area contributed by atoms with E-state index in [2.05, 4.69) is 44.6 Å². The number of nitrogens with zero attached hydrogens (tertiary/aromatic N) is 3. The molecule has 0 aliphatic carbocycles. The summed E-state index contributed by atoms with van der Waals surface area (Å²) >= 11 is 1.63. The van der Waals surface area contributed by atoms with Gasteiger partial charge in [0.1, 0.15) is 0 Å². The number of anilines is 1. The lowest BCUT2D eigenvalue weighted by Crippen LogP contribution is -2.48. The van der Waals surface area contributed by atoms with Crippen LogP contribution in [0.2, 0.25) is 0 Å². The molecule has 0 spiro atoms. The lowest BCUT2D eigenvalue weighted by Gasteiger charge is -2.35. The number of amides is 2. The van der Waals surface area contributed by atoms with E-state index in [1.807, 2.05) is 43.3 Å². The minimum absolute atomic E-state index is 0.0611. The third kappa shape index (κ3) is 5.12. The molecule has 0 bridgehead atoms. The Balaban J connectivity index is 1.44. The molecular formula is C22H27N5OS. The molecule has 0 radical (unpaired) electrons. The normalized spacial score (nSPS) is 16.6. The van der Waals surface area contributed by atoms with Crippen LogP contribution >= 0.6 is 11.3 Å². The maximum Gasteiger partial charge on any atom is 0.319 e. The predicted octanol–water partition coefficient (Wildman–Crippen LogP) is 3.71. The van der Waals surface area contributed by atoms with Gasteiger partial charge in [0.25, 0.3) is 0 Å². The number of rotatable bonds is 5. The van der Waals surface area contributed by atoms with Crippen molar-refractivity contribution in [3.05, 3.63) is 59.1 Å². The number of nitrogens with one attached hydrogen (secondary N) is 2. The summed E-state index contributed by atoms with van der Waals surface area (Å²) in [5.41, 5.74) is 2.87. The molecule has 1 fully saturated rings. The largest absolute Gasteiger partial charge is 0.330 e. The molecule has 1 aromatic heterocycles. The van der Waals surface area contributed by atoms with Gasteiger partial charge in [-0.05, 0) is 37.7 Å². The highest BCUT2D eigenvalue weighted by molar-refractivity contribution is 7.18. The van der Waals surface area contributed by atoms with Crippen molar-refractivity contribution in [3.8, 4) is 0 Å². The minimum atomic E-state index is -0.187. The van der Waals surface area contributed by atoms with E-state index < -0.39 is 0 Å². The van der Waals surface area contributed by atoms with Crippen molar-refractivity contribution in [1.82, 2.24) is 20.1 Å². The van der Waals surface area contributed by atoms with E-state index in [4.69, 9.17) is 0 Å². The number of piperazine rings is 1. The predicted molar refractivity (Wildman–Crippen MR) is 120 cm³/mol. The van der Waals surface area contributed by atoms with Crippen LogP contribution in [0.15, 0.2) is 48.5 Å². The van der Waals surface area contributed by atoms with Gasteiger partial charge in [0.2, 0.25) is 0 Å². The molecule has 2 aromatic carbocycles. The van der Waals surface area contributed by atoms with Crippen molar-refractivity contribution in [3.63, 3.8) is 0 Å². The first-order chi connectivity index (χ1) is 14.1. The first-order valence-corrected chi connectivity index (χ1v) is 10.8. The van der Waals surface area contributed by atoms with Crippen LogP contribution < -0.4 is 10.6 Å². The molecule has 1 aliphatic heterocycles. The Bertz CT molecular complexity index is 966. The summed E-state index contributed by atoms with van der Waals surface area (Å²) < 4.78 is 1.08. The van der Waals surface area contributed by atoms with E-state index in [-0.39, 0.29) is 12.1 Å². The van der Waals surface area contributed by atoms with Crippen LogP contribution in [-0.2, 0) is 0 Å². The molecule has 1 aliphatic rings. The van der Waals surface area contributed by atoms with E-state index in [9.17, 15) is 4.79 Å². The van der Waals surface area contributed by atoms with Gasteiger partial charge in [-0.2, -0.15) is 0 Å². The highest BCUT2D eigenvalue weighted by atomic mass is 32.1. The van der Waals surface area contributed by atoms with Gasteiger partial charge < -0.3 is 15.5 Å². The smallest absolute Gasteiger partial charge is 0.319 e. The first-order valence-electron chi connectivity index (χ1n) is 9.97. The van der Waals surface area contributed by atoms with Crippen molar-refractivity contribution in [2.45, 2.75) is 13.0 Å². The molecule has 152 valence electrons. The van der Waals surface area contributed by atoms with Crippen LogP contribution in [0.3, 0.4) is 0 Å². The number of aryl methyl sites for hydroxylation is 1. The van der Waals surface area contributed by atoms with Crippen LogP contribution in [0, 0.1) is 6.92 Å². The molecular weight excluding hydrogens is 382 g/mol. The van der Waals surface area contributed by atoms with Crippen LogP contribution in [0.4, 0.5) is 10.5 Å². The van der Waals surface area contributed by atoms with Crippen LogP contribution in [0.1, 0.15) is 16.6 Å². The molecule has 6 nitrogen and oxygen atoms in total. The van der Waals surface area contributed by atoms with Crippen molar-refractivity contribution >= 4 is 33.3 Å². The summed E-state index contributed by atoms with van der Waals surface area (Å²) in [6.45, 7) is 6.95. The van der Waals surface area contributed by atoms with Crippen molar-refractivity contribution in [2.24, 2.45) is 0 Å². The molecule has 1 atom stereocenters. The second-order valence-electron chi connectivity index (χ2n) is 7.58. The molecule has 3 aromatic rings. The van der Waals surface area contributed by atoms with Gasteiger partial charge in [-0.1, -0.05) is 30.3 Å². The summed E-state index contributed by atoms with van der Waals surface area (Å²) in [5.74, 6) is 0. The van der Waals surface area contributed by atoms with Crippen LogP contribution in [0.5, 0.6) is 0 Å². The fourth-order valence-electron chi connectivity index (χ4n) is 3.65. The molecule has 29 heavy (non-hydrogen) atoms. The number of urea groups is 1. The second-order valence-corrected chi connectivity index (χ2v) is 8.82. The standard InChI is InChI=1S/C22H27N5OS/c1-16-23-19-9-8-18(14-21(19)29-16)24-22(28)25-20(17-6-4-3-5-7-17)15-27-12-10-26(2)11-13-27/h3-9,14,20H,10-13,15H2,1-2H3,(H2,24,25,28). The fraction of sp³-hybridized carbons (Fsp3) is 0.364. The number of thiazole rings is 1. The third-order valence-electron chi connectivity index (χ3n) is 5.30. The van der Waals surface area contributed by atoms with Crippen molar-refractivity contribution < 1.29 is 4.79 Å². The Labute approximate surface area is 175 Å². The molecule has 1 saturated heterocycles. The number of carbonyl (C=O) groups excluding carboxylic acids is 1. The number of benzene rings is 2. The van der Waals surface area contributed by atoms with Gasteiger partial charge in [-0.3, -0.25) is 4.90 Å². The van der Waals surface area contributed by atoms with Crippen LogP contribution in [-0.4, -0.2) is 60.6 Å². The van der Waals surface area contributed by atoms with E-state index in [0.29, 0.717) is 0 Å². The zero-order valence-corrected chi connectivity index (χ0v) is 17.7. The van der Waals surface area contributed by atoms with E-state index >= 15 is 0 Å². The minimum Gasteiger partial charge on any atom is -0.330 e. The maximum absolute atomic E-state index is 12.8. The topological polar surface area (TPSA) is 60.5 Å². The van der Waals surface area contributed by atoms with Gasteiger partial charge in [-0.15, -0.1) is 11.3 Å². The van der Waals surface area contributed by atoms with Gasteiger partial charge in [0.15, 0.2) is 0 Å². The molecule has 2 N–H and O–H groups in total. The fourth-order valence-corrected chi connectivity index (χ4v) is 4.52. The first kappa shape index (κ1) is 19.8. The molecule has 2 amide bonds. The lowest BCUT2D eigenvalue weighted by molar-refractivity contribution is 0.143. The molecule has 1 unspecified atom stereocenters. The summed E-state index contributed by atoms with van der Waals surface area (Å²) in [6, 6.07) is 15.8. The Morgan fingerprint density at radius 3 is 2.66 bits per heavy atom. The van der Waals surface area contributed by atoms with Crippen molar-refractivity contribution in [2.75, 3.05) is 45.1 Å². The molecule has 7 heteroatoms. The average Bonchev–Trinajstić information content (AvgIpc) is 3.09. The SMILES string of the molecule is Cc1nc2ccc(NC(=O)NC(CN3CCN(C)CC3)c3ccccc3)cc2s1. The van der Waals surface area contributed by atoms with Gasteiger partial charge >= 0.3 is 6.03 Å². The monoisotopic (exact) mass is 409 g/mol. The van der Waals surface area contributed by atoms with Gasteiger partial charge in [0, 0.05) is 38.4 Å². The number of hydrogen-bond acceptors (Lipinski definition) is 5. The second kappa shape index (κ2) is 8.90. The van der Waals surface area contributed by atoms with Crippen molar-refractivity contribution in [1.29, 1.82) is 0 Å². The molecule has 2 heterocycles. The summed E-state index contributed by atoms with van der Waals surface area (Å²) in [5, 5.41) is 7.19. The van der Waals surface area contributed by atoms with Gasteiger partial charge in [-0.25, -0.2) is 9.78 Å². The maximum atomic E-state index is 12.8. The Morgan fingerprint density at radius 2 is 1.90 bits per heavy atom. The van der Waals surface area contributed by atoms with Crippen LogP contribution in [0.25, 0.3) is 10.2 Å². The Kier molecular flexibility index (Phi) is 6.08. The lowest BCUT2D eigenvalue weighted by atomic mass is 10.1. The number of likely N-dealkylation sites (N-methyl/N-ethyl adjacent to an activating group) is 1. The number of fused-ring (bicyclic) bond motifs is 1. The Hall–Kier alpha value is -2.48. The van der Waals surface area contributed by atoms with E-state index in [1.54, 1.807) is 11.3 Å². The number of aromatic nitrogens is 1. The highest BCUT2D eigenvalue weighted by Gasteiger charge is 2.21. The van der Waals surface area contributed by atoms with E-state index in [1.165, 1.54) is 0 Å². The average molecular weight is 410 g/mol. The third-order valence-corrected chi connectivity index (χ3v) is 6.23. The molecule has 4 rings (SSSR count). The summed E-state index contributed by atoms with van der Waals surface area (Å²) in [4.78, 5) is 22.0. The van der Waals surface area contributed by atoms with E-state index in [0.717, 1.165) is 59.2 Å². The zero-order chi connectivity index (χ0) is 20.2. The summed E-state index contributed by atoms with van der Waals surface area (Å²) in [7, 11) is 2.15. The molecule has 0 saturated carbocycles. The zero-order valence-electron chi connectivity index (χ0n) is 16.9. The number of carbonyl (C=O) groups is 1. The Morgan fingerprint density at radius 1 is 1.14 bits per heavy atom. The summed E-state index contributed by atoms with van der Waals surface area (Å²) in [6.07, 6.45) is 0. The highest BCUT2D eigenvalue weighted by Crippen LogP contribution is 2.25. The number of hydrogen-bond donors (Lipinski definition) is 2. The van der Waals surface area contributed by atoms with Gasteiger partial charge in [0.05, 0.1) is 21.3 Å².